The lowest BCUT2D eigenvalue weighted by Gasteiger charge is -2.13. The molecule has 4 nitrogen and oxygen atoms in total. The Morgan fingerprint density at radius 1 is 1.17 bits per heavy atom. The average Bonchev–Trinajstić information content (AvgIpc) is 2.93. The van der Waals surface area contributed by atoms with Crippen molar-refractivity contribution in [3.63, 3.8) is 0 Å². The van der Waals surface area contributed by atoms with Crippen LogP contribution < -0.4 is 5.32 Å². The van der Waals surface area contributed by atoms with Crippen molar-refractivity contribution in [1.82, 2.24) is 14.9 Å². The molecule has 1 unspecified atom stereocenters. The van der Waals surface area contributed by atoms with Gasteiger partial charge in [-0.25, -0.2) is 9.37 Å². The monoisotopic (exact) mass is 327 g/mol. The Morgan fingerprint density at radius 2 is 1.92 bits per heavy atom. The van der Waals surface area contributed by atoms with Crippen molar-refractivity contribution >= 4 is 11.0 Å². The molecule has 1 aromatic heterocycles. The number of aliphatic hydroxyl groups excluding tert-OH is 1. The van der Waals surface area contributed by atoms with Crippen LogP contribution in [-0.4, -0.2) is 21.2 Å². The van der Waals surface area contributed by atoms with Crippen LogP contribution in [0.15, 0.2) is 48.5 Å². The number of fused-ring (bicyclic) bond motifs is 1. The third kappa shape index (κ3) is 3.47. The van der Waals surface area contributed by atoms with Crippen LogP contribution in [0.5, 0.6) is 0 Å². The first kappa shape index (κ1) is 16.6. The van der Waals surface area contributed by atoms with E-state index in [1.807, 2.05) is 18.2 Å². The first-order valence-electron chi connectivity index (χ1n) is 8.28. The third-order valence-corrected chi connectivity index (χ3v) is 4.07. The molecule has 0 amide bonds. The summed E-state index contributed by atoms with van der Waals surface area (Å²) in [4.78, 5) is 4.66. The highest BCUT2D eigenvalue weighted by atomic mass is 19.1. The van der Waals surface area contributed by atoms with E-state index >= 15 is 0 Å². The number of hydrogen-bond acceptors (Lipinski definition) is 3. The number of imidazole rings is 1. The van der Waals surface area contributed by atoms with Gasteiger partial charge in [-0.3, -0.25) is 0 Å². The van der Waals surface area contributed by atoms with Gasteiger partial charge < -0.3 is 15.0 Å². The maximum Gasteiger partial charge on any atom is 0.129 e. The summed E-state index contributed by atoms with van der Waals surface area (Å²) >= 11 is 0. The molecule has 126 valence electrons. The first-order valence-corrected chi connectivity index (χ1v) is 8.28. The van der Waals surface area contributed by atoms with Gasteiger partial charge in [-0.15, -0.1) is 0 Å². The maximum atomic E-state index is 13.7. The van der Waals surface area contributed by atoms with E-state index in [2.05, 4.69) is 27.9 Å². The fourth-order valence-corrected chi connectivity index (χ4v) is 2.91. The summed E-state index contributed by atoms with van der Waals surface area (Å²) in [6.07, 6.45) is 0.140. The molecule has 5 heteroatoms. The summed E-state index contributed by atoms with van der Waals surface area (Å²) in [5, 5.41) is 13.3. The molecule has 2 N–H and O–H groups in total. The predicted octanol–water partition coefficient (Wildman–Crippen LogP) is 3.41. The lowest BCUT2D eigenvalue weighted by molar-refractivity contribution is 0.169. The molecule has 0 aliphatic rings. The number of para-hydroxylation sites is 2. The second-order valence-electron chi connectivity index (χ2n) is 5.84. The molecule has 3 rings (SSSR count). The van der Waals surface area contributed by atoms with Crippen molar-refractivity contribution in [2.75, 3.05) is 6.54 Å². The van der Waals surface area contributed by atoms with E-state index in [1.165, 1.54) is 6.07 Å². The van der Waals surface area contributed by atoms with Crippen molar-refractivity contribution in [2.45, 2.75) is 32.5 Å². The van der Waals surface area contributed by atoms with Gasteiger partial charge in [-0.1, -0.05) is 37.3 Å². The number of nitrogens with one attached hydrogen (secondary N) is 1. The molecular weight excluding hydrogens is 305 g/mol. The van der Waals surface area contributed by atoms with Crippen molar-refractivity contribution in [1.29, 1.82) is 0 Å². The maximum absolute atomic E-state index is 13.7. The highest BCUT2D eigenvalue weighted by molar-refractivity contribution is 5.75. The van der Waals surface area contributed by atoms with Crippen molar-refractivity contribution in [3.8, 4) is 0 Å². The number of halogens is 1. The zero-order valence-electron chi connectivity index (χ0n) is 13.7. The summed E-state index contributed by atoms with van der Waals surface area (Å²) in [5.74, 6) is 0.545. The van der Waals surface area contributed by atoms with Crippen molar-refractivity contribution in [2.24, 2.45) is 0 Å². The number of hydrogen-bond donors (Lipinski definition) is 2. The highest BCUT2D eigenvalue weighted by Gasteiger charge is 2.13. The third-order valence-electron chi connectivity index (χ3n) is 4.07. The van der Waals surface area contributed by atoms with Crippen LogP contribution in [0.1, 0.15) is 30.8 Å². The van der Waals surface area contributed by atoms with E-state index in [0.717, 1.165) is 29.8 Å². The predicted molar refractivity (Wildman–Crippen MR) is 93.1 cm³/mol. The largest absolute Gasteiger partial charge is 0.387 e. The van der Waals surface area contributed by atoms with Crippen LogP contribution in [0.2, 0.25) is 0 Å². The number of aliphatic hydroxyl groups is 1. The molecule has 0 aliphatic carbocycles. The van der Waals surface area contributed by atoms with E-state index < -0.39 is 6.10 Å². The fraction of sp³-hybridized carbons (Fsp3) is 0.316. The second-order valence-corrected chi connectivity index (χ2v) is 5.84. The molecule has 0 aliphatic heterocycles. The molecule has 0 bridgehead atoms. The van der Waals surface area contributed by atoms with Gasteiger partial charge in [0, 0.05) is 18.7 Å². The molecule has 1 heterocycles. The molecule has 0 radical (unpaired) electrons. The van der Waals surface area contributed by atoms with Gasteiger partial charge in [0.2, 0.25) is 0 Å². The molecule has 0 spiro atoms. The Bertz CT molecular complexity index is 815. The summed E-state index contributed by atoms with van der Waals surface area (Å²) in [7, 11) is 0. The summed E-state index contributed by atoms with van der Waals surface area (Å²) in [6, 6.07) is 14.4. The van der Waals surface area contributed by atoms with Gasteiger partial charge in [-0.05, 0) is 24.6 Å². The first-order chi connectivity index (χ1) is 11.7. The normalized spacial score (nSPS) is 12.6. The van der Waals surface area contributed by atoms with Crippen LogP contribution in [0.25, 0.3) is 11.0 Å². The van der Waals surface area contributed by atoms with Crippen LogP contribution in [0.3, 0.4) is 0 Å². The molecular formula is C19H22FN3O. The van der Waals surface area contributed by atoms with Gasteiger partial charge in [0.1, 0.15) is 11.6 Å². The van der Waals surface area contributed by atoms with Gasteiger partial charge in [0.05, 0.1) is 23.7 Å². The minimum atomic E-state index is -0.879. The van der Waals surface area contributed by atoms with E-state index in [4.69, 9.17) is 0 Å². The Hall–Kier alpha value is -2.24. The lowest BCUT2D eigenvalue weighted by atomic mass is 10.1. The Kier molecular flexibility index (Phi) is 5.23. The second kappa shape index (κ2) is 7.55. The Balaban J connectivity index is 1.69. The molecule has 0 fully saturated rings. The highest BCUT2D eigenvalue weighted by Crippen LogP contribution is 2.18. The van der Waals surface area contributed by atoms with E-state index in [9.17, 15) is 9.50 Å². The number of nitrogens with zero attached hydrogens (tertiary/aromatic N) is 2. The molecule has 3 aromatic rings. The summed E-state index contributed by atoms with van der Waals surface area (Å²) < 4.78 is 15.9. The van der Waals surface area contributed by atoms with E-state index in [0.29, 0.717) is 12.1 Å². The van der Waals surface area contributed by atoms with Crippen LogP contribution >= 0.6 is 0 Å². The van der Waals surface area contributed by atoms with E-state index in [1.54, 1.807) is 18.2 Å². The Morgan fingerprint density at radius 3 is 2.71 bits per heavy atom. The van der Waals surface area contributed by atoms with E-state index in [-0.39, 0.29) is 12.4 Å². The molecule has 24 heavy (non-hydrogen) atoms. The molecule has 1 atom stereocenters. The van der Waals surface area contributed by atoms with Crippen LogP contribution in [0, 0.1) is 5.82 Å². The minimum absolute atomic E-state index is 0.274. The smallest absolute Gasteiger partial charge is 0.129 e. The van der Waals surface area contributed by atoms with Crippen molar-refractivity contribution < 1.29 is 9.50 Å². The van der Waals surface area contributed by atoms with Crippen LogP contribution in [0.4, 0.5) is 4.39 Å². The van der Waals surface area contributed by atoms with Gasteiger partial charge in [-0.2, -0.15) is 0 Å². The fourth-order valence-electron chi connectivity index (χ4n) is 2.91. The number of rotatable bonds is 7. The lowest BCUT2D eigenvalue weighted by Crippen LogP contribution is -2.23. The molecule has 0 saturated carbocycles. The van der Waals surface area contributed by atoms with Gasteiger partial charge >= 0.3 is 0 Å². The minimum Gasteiger partial charge on any atom is -0.387 e. The number of aromatic nitrogens is 2. The topological polar surface area (TPSA) is 50.1 Å². The SMILES string of the molecule is CCCn1c(CNCC(O)c2ccccc2F)nc2ccccc21. The number of aryl methyl sites for hydroxylation is 1. The quantitative estimate of drug-likeness (QED) is 0.699. The summed E-state index contributed by atoms with van der Waals surface area (Å²) in [6.45, 7) is 3.83. The zero-order chi connectivity index (χ0) is 16.9. The molecule has 2 aromatic carbocycles. The van der Waals surface area contributed by atoms with Gasteiger partial charge in [0.25, 0.3) is 0 Å². The van der Waals surface area contributed by atoms with Crippen molar-refractivity contribution in [3.05, 3.63) is 65.7 Å². The van der Waals surface area contributed by atoms with Crippen LogP contribution in [-0.2, 0) is 13.1 Å². The van der Waals surface area contributed by atoms with Gasteiger partial charge in [0.15, 0.2) is 0 Å². The standard InChI is InChI=1S/C19H22FN3O/c1-2-11-23-17-10-6-5-9-16(17)22-19(23)13-21-12-18(24)14-7-3-4-8-15(14)20/h3-10,18,21,24H,2,11-13H2,1H3. The zero-order valence-corrected chi connectivity index (χ0v) is 13.7. The average molecular weight is 327 g/mol. The summed E-state index contributed by atoms with van der Waals surface area (Å²) in [5.41, 5.74) is 2.40. The Labute approximate surface area is 141 Å². The number of benzene rings is 2. The molecule has 0 saturated heterocycles.